The molecule has 1 amide bonds. The van der Waals surface area contributed by atoms with Gasteiger partial charge in [0, 0.05) is 24.2 Å². The van der Waals surface area contributed by atoms with E-state index in [1.54, 1.807) is 17.3 Å². The highest BCUT2D eigenvalue weighted by atomic mass is 16.2. The van der Waals surface area contributed by atoms with E-state index >= 15 is 0 Å². The number of nitrogens with zero attached hydrogens (tertiary/aromatic N) is 6. The summed E-state index contributed by atoms with van der Waals surface area (Å²) in [6.45, 7) is 0.246. The van der Waals surface area contributed by atoms with Crippen molar-refractivity contribution in [2.24, 2.45) is 0 Å². The average Bonchev–Trinajstić information content (AvgIpc) is 3.06. The third-order valence-electron chi connectivity index (χ3n) is 4.17. The van der Waals surface area contributed by atoms with Crippen molar-refractivity contribution in [3.05, 3.63) is 36.4 Å². The maximum atomic E-state index is 12.5. The Balaban J connectivity index is 1.63. The van der Waals surface area contributed by atoms with Crippen molar-refractivity contribution in [1.29, 1.82) is 0 Å². The standard InChI is InChI=1S/C13H14N6O/c20-13(5-18-8-15-7-17-18)19-9-1-2-12(19)10-4-14-6-16-11(10)3-9/h4,6-9,12H,1-3,5H2. The summed E-state index contributed by atoms with van der Waals surface area (Å²) in [6, 6.07) is 0.388. The molecule has 0 N–H and O–H groups in total. The van der Waals surface area contributed by atoms with Crippen LogP contribution in [0, 0.1) is 0 Å². The van der Waals surface area contributed by atoms with Crippen molar-refractivity contribution in [3.8, 4) is 0 Å². The van der Waals surface area contributed by atoms with Gasteiger partial charge in [0.25, 0.3) is 0 Å². The van der Waals surface area contributed by atoms with Gasteiger partial charge in [0.05, 0.1) is 11.7 Å². The van der Waals surface area contributed by atoms with Crippen LogP contribution in [0.2, 0.25) is 0 Å². The van der Waals surface area contributed by atoms with E-state index in [1.807, 2.05) is 11.1 Å². The first kappa shape index (κ1) is 11.5. The molecule has 2 aliphatic rings. The molecule has 2 aliphatic heterocycles. The first-order valence-electron chi connectivity index (χ1n) is 6.75. The van der Waals surface area contributed by atoms with Gasteiger partial charge in [-0.05, 0) is 12.8 Å². The Morgan fingerprint density at radius 2 is 2.25 bits per heavy atom. The topological polar surface area (TPSA) is 76.8 Å². The number of carbonyl (C=O) groups is 1. The molecule has 0 radical (unpaired) electrons. The fourth-order valence-electron chi connectivity index (χ4n) is 3.34. The van der Waals surface area contributed by atoms with Crippen LogP contribution in [0.15, 0.2) is 25.2 Å². The summed E-state index contributed by atoms with van der Waals surface area (Å²) in [4.78, 5) is 26.9. The maximum Gasteiger partial charge on any atom is 0.245 e. The Bertz CT molecular complexity index is 640. The minimum Gasteiger partial charge on any atom is -0.331 e. The molecule has 102 valence electrons. The van der Waals surface area contributed by atoms with E-state index in [4.69, 9.17) is 0 Å². The number of carbonyl (C=O) groups excluding carboxylic acids is 1. The number of rotatable bonds is 2. The first-order valence-corrected chi connectivity index (χ1v) is 6.75. The lowest BCUT2D eigenvalue weighted by Crippen LogP contribution is -2.43. The van der Waals surface area contributed by atoms with E-state index in [0.29, 0.717) is 0 Å². The lowest BCUT2D eigenvalue weighted by atomic mass is 9.99. The predicted molar refractivity (Wildman–Crippen MR) is 68.4 cm³/mol. The van der Waals surface area contributed by atoms with Crippen LogP contribution >= 0.6 is 0 Å². The van der Waals surface area contributed by atoms with Crippen LogP contribution in [0.1, 0.15) is 30.1 Å². The first-order chi connectivity index (χ1) is 9.83. The van der Waals surface area contributed by atoms with Gasteiger partial charge in [-0.2, -0.15) is 5.10 Å². The second kappa shape index (κ2) is 4.36. The fraction of sp³-hybridized carbons (Fsp3) is 0.462. The van der Waals surface area contributed by atoms with E-state index in [1.165, 1.54) is 6.33 Å². The zero-order valence-electron chi connectivity index (χ0n) is 10.9. The van der Waals surface area contributed by atoms with Crippen molar-refractivity contribution in [2.45, 2.75) is 37.9 Å². The van der Waals surface area contributed by atoms with E-state index in [-0.39, 0.29) is 24.5 Å². The molecule has 7 heteroatoms. The normalized spacial score (nSPS) is 23.7. The average molecular weight is 270 g/mol. The highest BCUT2D eigenvalue weighted by Gasteiger charge is 2.43. The van der Waals surface area contributed by atoms with E-state index in [2.05, 4.69) is 20.1 Å². The lowest BCUT2D eigenvalue weighted by Gasteiger charge is -2.35. The van der Waals surface area contributed by atoms with Crippen molar-refractivity contribution >= 4 is 5.91 Å². The van der Waals surface area contributed by atoms with Crippen molar-refractivity contribution in [2.75, 3.05) is 0 Å². The number of aromatic nitrogens is 5. The molecule has 1 saturated heterocycles. The summed E-state index contributed by atoms with van der Waals surface area (Å²) in [5, 5.41) is 4.00. The number of fused-ring (bicyclic) bond motifs is 4. The molecule has 2 aromatic rings. The van der Waals surface area contributed by atoms with Gasteiger partial charge in [0.15, 0.2) is 0 Å². The molecule has 0 aliphatic carbocycles. The van der Waals surface area contributed by atoms with Crippen molar-refractivity contribution in [3.63, 3.8) is 0 Å². The Morgan fingerprint density at radius 1 is 1.30 bits per heavy atom. The molecule has 0 aromatic carbocycles. The van der Waals surface area contributed by atoms with Gasteiger partial charge < -0.3 is 4.90 Å². The third kappa shape index (κ3) is 1.70. The predicted octanol–water partition coefficient (Wildman–Crippen LogP) is 0.356. The van der Waals surface area contributed by atoms with Crippen LogP contribution < -0.4 is 0 Å². The summed E-state index contributed by atoms with van der Waals surface area (Å²) >= 11 is 0. The Labute approximate surface area is 115 Å². The van der Waals surface area contributed by atoms with Gasteiger partial charge in [0.1, 0.15) is 25.5 Å². The largest absolute Gasteiger partial charge is 0.331 e. The number of hydrogen-bond acceptors (Lipinski definition) is 5. The van der Waals surface area contributed by atoms with E-state index < -0.39 is 0 Å². The Hall–Kier alpha value is -2.31. The van der Waals surface area contributed by atoms with Crippen LogP contribution in [-0.4, -0.2) is 41.6 Å². The molecule has 4 heterocycles. The molecule has 1 fully saturated rings. The molecule has 2 atom stereocenters. The minimum absolute atomic E-state index is 0.0949. The van der Waals surface area contributed by atoms with Crippen LogP contribution in [0.25, 0.3) is 0 Å². The zero-order valence-corrected chi connectivity index (χ0v) is 10.9. The monoisotopic (exact) mass is 270 g/mol. The van der Waals surface area contributed by atoms with Gasteiger partial charge in [-0.1, -0.05) is 0 Å². The SMILES string of the molecule is O=C(Cn1cncn1)N1C2CCC1c1cncnc1C2. The summed E-state index contributed by atoms with van der Waals surface area (Å²) in [5.74, 6) is 0.0949. The Kier molecular flexibility index (Phi) is 2.51. The molecule has 2 unspecified atom stereocenters. The molecule has 0 spiro atoms. The zero-order chi connectivity index (χ0) is 13.5. The molecule has 4 rings (SSSR count). The second-order valence-electron chi connectivity index (χ2n) is 5.27. The highest BCUT2D eigenvalue weighted by molar-refractivity contribution is 5.77. The van der Waals surface area contributed by atoms with Gasteiger partial charge in [0.2, 0.25) is 5.91 Å². The summed E-state index contributed by atoms with van der Waals surface area (Å²) < 4.78 is 1.57. The molecule has 0 saturated carbocycles. The second-order valence-corrected chi connectivity index (χ2v) is 5.27. The minimum atomic E-state index is 0.0949. The lowest BCUT2D eigenvalue weighted by molar-refractivity contribution is -0.135. The molecular formula is C13H14N6O. The molecule has 2 aromatic heterocycles. The maximum absolute atomic E-state index is 12.5. The summed E-state index contributed by atoms with van der Waals surface area (Å²) in [6.07, 6.45) is 9.31. The van der Waals surface area contributed by atoms with Crippen LogP contribution in [-0.2, 0) is 17.8 Å². The van der Waals surface area contributed by atoms with Crippen LogP contribution in [0.4, 0.5) is 0 Å². The van der Waals surface area contributed by atoms with E-state index in [9.17, 15) is 4.79 Å². The van der Waals surface area contributed by atoms with Gasteiger partial charge in [-0.3, -0.25) is 4.79 Å². The van der Waals surface area contributed by atoms with Gasteiger partial charge in [-0.15, -0.1) is 0 Å². The fourth-order valence-corrected chi connectivity index (χ4v) is 3.34. The smallest absolute Gasteiger partial charge is 0.245 e. The number of amides is 1. The van der Waals surface area contributed by atoms with Crippen LogP contribution in [0.5, 0.6) is 0 Å². The Morgan fingerprint density at radius 3 is 3.10 bits per heavy atom. The van der Waals surface area contributed by atoms with Gasteiger partial charge in [-0.25, -0.2) is 19.6 Å². The molecule has 2 bridgehead atoms. The van der Waals surface area contributed by atoms with Crippen LogP contribution in [0.3, 0.4) is 0 Å². The molecule has 20 heavy (non-hydrogen) atoms. The van der Waals surface area contributed by atoms with Gasteiger partial charge >= 0.3 is 0 Å². The van der Waals surface area contributed by atoms with Crippen molar-refractivity contribution in [1.82, 2.24) is 29.6 Å². The third-order valence-corrected chi connectivity index (χ3v) is 4.17. The summed E-state index contributed by atoms with van der Waals surface area (Å²) in [5.41, 5.74) is 2.20. The van der Waals surface area contributed by atoms with E-state index in [0.717, 1.165) is 30.5 Å². The van der Waals surface area contributed by atoms with Crippen molar-refractivity contribution < 1.29 is 4.79 Å². The quantitative estimate of drug-likeness (QED) is 0.787. The molecular weight excluding hydrogens is 256 g/mol. The molecule has 7 nitrogen and oxygen atoms in total. The summed E-state index contributed by atoms with van der Waals surface area (Å²) in [7, 11) is 0. The number of hydrogen-bond donors (Lipinski definition) is 0. The highest BCUT2D eigenvalue weighted by Crippen LogP contribution is 2.42.